The zero-order valence-electron chi connectivity index (χ0n) is 9.64. The molecule has 1 aromatic carbocycles. The van der Waals surface area contributed by atoms with Crippen molar-refractivity contribution in [3.8, 4) is 0 Å². The first-order valence-corrected chi connectivity index (χ1v) is 5.71. The maximum absolute atomic E-state index is 10.9. The second-order valence-electron chi connectivity index (χ2n) is 4.17. The number of carbonyl (C=O) groups is 1. The first-order valence-electron chi connectivity index (χ1n) is 5.33. The Balaban J connectivity index is 2.51. The largest absolute Gasteiger partial charge is 0.481 e. The number of aromatic nitrogens is 2. The number of carboxylic acids is 1. The van der Waals surface area contributed by atoms with Crippen molar-refractivity contribution in [2.75, 3.05) is 0 Å². The summed E-state index contributed by atoms with van der Waals surface area (Å²) < 4.78 is 1.70. The van der Waals surface area contributed by atoms with Crippen LogP contribution in [0.4, 0.5) is 0 Å². The summed E-state index contributed by atoms with van der Waals surface area (Å²) in [7, 11) is 1.82. The molecule has 90 valence electrons. The highest BCUT2D eigenvalue weighted by Crippen LogP contribution is 2.27. The third-order valence-electron chi connectivity index (χ3n) is 2.87. The topological polar surface area (TPSA) is 55.1 Å². The zero-order chi connectivity index (χ0) is 12.6. The monoisotopic (exact) mass is 252 g/mol. The lowest BCUT2D eigenvalue weighted by molar-refractivity contribution is -0.141. The van der Waals surface area contributed by atoms with Gasteiger partial charge in [0.1, 0.15) is 0 Å². The highest BCUT2D eigenvalue weighted by Gasteiger charge is 2.16. The van der Waals surface area contributed by atoms with Crippen LogP contribution in [0.25, 0.3) is 10.9 Å². The van der Waals surface area contributed by atoms with Crippen molar-refractivity contribution in [3.05, 3.63) is 28.9 Å². The van der Waals surface area contributed by atoms with Gasteiger partial charge in [-0.05, 0) is 18.1 Å². The Bertz CT molecular complexity index is 577. The van der Waals surface area contributed by atoms with E-state index in [0.29, 0.717) is 11.6 Å². The van der Waals surface area contributed by atoms with Crippen molar-refractivity contribution in [3.63, 3.8) is 0 Å². The number of benzene rings is 1. The molecule has 0 fully saturated rings. The molecule has 0 aliphatic rings. The molecule has 0 amide bonds. The van der Waals surface area contributed by atoms with Gasteiger partial charge in [-0.2, -0.15) is 5.10 Å². The summed E-state index contributed by atoms with van der Waals surface area (Å²) in [5, 5.41) is 14.4. The van der Waals surface area contributed by atoms with Crippen LogP contribution in [-0.2, 0) is 18.3 Å². The number of aliphatic carboxylic acids is 1. The Morgan fingerprint density at radius 3 is 2.94 bits per heavy atom. The number of nitrogens with zero attached hydrogens (tertiary/aromatic N) is 2. The van der Waals surface area contributed by atoms with E-state index in [1.807, 2.05) is 25.2 Å². The number of aryl methyl sites for hydroxylation is 1. The van der Waals surface area contributed by atoms with Crippen molar-refractivity contribution >= 4 is 28.5 Å². The second-order valence-corrected chi connectivity index (χ2v) is 4.53. The van der Waals surface area contributed by atoms with Gasteiger partial charge in [-0.15, -0.1) is 0 Å². The van der Waals surface area contributed by atoms with Gasteiger partial charge in [0, 0.05) is 12.4 Å². The van der Waals surface area contributed by atoms with Crippen LogP contribution < -0.4 is 0 Å². The Hall–Kier alpha value is -1.55. The van der Waals surface area contributed by atoms with Crippen molar-refractivity contribution in [1.82, 2.24) is 9.78 Å². The molecule has 0 radical (unpaired) electrons. The van der Waals surface area contributed by atoms with Crippen molar-refractivity contribution in [1.29, 1.82) is 0 Å². The Morgan fingerprint density at radius 2 is 2.29 bits per heavy atom. The minimum absolute atomic E-state index is 0.427. The summed E-state index contributed by atoms with van der Waals surface area (Å²) >= 11 is 6.07. The van der Waals surface area contributed by atoms with Crippen LogP contribution in [-0.4, -0.2) is 20.9 Å². The van der Waals surface area contributed by atoms with E-state index in [1.165, 1.54) is 0 Å². The van der Waals surface area contributed by atoms with Crippen LogP contribution in [0.15, 0.2) is 18.2 Å². The van der Waals surface area contributed by atoms with Crippen LogP contribution in [0.3, 0.4) is 0 Å². The van der Waals surface area contributed by atoms with Crippen molar-refractivity contribution in [2.45, 2.75) is 13.3 Å². The van der Waals surface area contributed by atoms with E-state index in [4.69, 9.17) is 16.7 Å². The summed E-state index contributed by atoms with van der Waals surface area (Å²) in [6.07, 6.45) is 0.456. The molecule has 0 spiro atoms. The molecule has 2 aromatic rings. The Labute approximate surface area is 104 Å². The molecule has 0 aliphatic carbocycles. The fourth-order valence-electron chi connectivity index (χ4n) is 1.92. The molecule has 0 aliphatic heterocycles. The predicted molar refractivity (Wildman–Crippen MR) is 66.2 cm³/mol. The third-order valence-corrected chi connectivity index (χ3v) is 3.13. The molecule has 1 aromatic heterocycles. The lowest BCUT2D eigenvalue weighted by atomic mass is 9.99. The summed E-state index contributed by atoms with van der Waals surface area (Å²) in [5.41, 5.74) is 1.85. The van der Waals surface area contributed by atoms with Gasteiger partial charge in [0.25, 0.3) is 0 Å². The van der Waals surface area contributed by atoms with Crippen LogP contribution in [0.1, 0.15) is 12.5 Å². The van der Waals surface area contributed by atoms with E-state index in [0.717, 1.165) is 16.5 Å². The van der Waals surface area contributed by atoms with Crippen molar-refractivity contribution < 1.29 is 9.90 Å². The van der Waals surface area contributed by atoms with Gasteiger partial charge in [0.15, 0.2) is 5.15 Å². The summed E-state index contributed by atoms with van der Waals surface area (Å²) in [6.45, 7) is 1.69. The Morgan fingerprint density at radius 1 is 1.59 bits per heavy atom. The lowest BCUT2D eigenvalue weighted by Gasteiger charge is -2.07. The minimum atomic E-state index is -0.804. The van der Waals surface area contributed by atoms with Gasteiger partial charge in [0.05, 0.1) is 11.4 Å². The highest BCUT2D eigenvalue weighted by atomic mass is 35.5. The molecule has 17 heavy (non-hydrogen) atoms. The zero-order valence-corrected chi connectivity index (χ0v) is 10.4. The summed E-state index contributed by atoms with van der Waals surface area (Å²) in [4.78, 5) is 10.9. The van der Waals surface area contributed by atoms with Crippen LogP contribution in [0.5, 0.6) is 0 Å². The molecule has 1 N–H and O–H groups in total. The summed E-state index contributed by atoms with van der Waals surface area (Å²) in [5.74, 6) is -1.24. The molecule has 1 heterocycles. The van der Waals surface area contributed by atoms with E-state index in [2.05, 4.69) is 5.10 Å². The van der Waals surface area contributed by atoms with Gasteiger partial charge in [-0.25, -0.2) is 0 Å². The Kier molecular flexibility index (Phi) is 3.07. The minimum Gasteiger partial charge on any atom is -0.481 e. The number of hydrogen-bond acceptors (Lipinski definition) is 2. The van der Waals surface area contributed by atoms with Crippen molar-refractivity contribution in [2.24, 2.45) is 13.0 Å². The van der Waals surface area contributed by atoms with Gasteiger partial charge in [-0.1, -0.05) is 30.7 Å². The highest BCUT2D eigenvalue weighted by molar-refractivity contribution is 6.34. The molecule has 1 unspecified atom stereocenters. The SMILES string of the molecule is CC(Cc1cccc2c1c(Cl)nn2C)C(=O)O. The molecular weight excluding hydrogens is 240 g/mol. The molecule has 0 bridgehead atoms. The maximum Gasteiger partial charge on any atom is 0.306 e. The standard InChI is InChI=1S/C12H13ClN2O2/c1-7(12(16)17)6-8-4-3-5-9-10(8)11(13)14-15(9)2/h3-5,7H,6H2,1-2H3,(H,16,17). The first-order chi connectivity index (χ1) is 8.00. The first kappa shape index (κ1) is 11.9. The number of hydrogen-bond donors (Lipinski definition) is 1. The number of halogens is 1. The molecule has 1 atom stereocenters. The fourth-order valence-corrected chi connectivity index (χ4v) is 2.25. The molecule has 0 saturated carbocycles. The lowest BCUT2D eigenvalue weighted by Crippen LogP contribution is -2.12. The van der Waals surface area contributed by atoms with Crippen LogP contribution >= 0.6 is 11.6 Å². The predicted octanol–water partition coefficient (Wildman–Crippen LogP) is 2.49. The molecule has 2 rings (SSSR count). The van der Waals surface area contributed by atoms with E-state index < -0.39 is 11.9 Å². The molecule has 5 heteroatoms. The van der Waals surface area contributed by atoms with Crippen LogP contribution in [0, 0.1) is 5.92 Å². The van der Waals surface area contributed by atoms with E-state index >= 15 is 0 Å². The average Bonchev–Trinajstić information content (AvgIpc) is 2.55. The van der Waals surface area contributed by atoms with Gasteiger partial charge >= 0.3 is 5.97 Å². The maximum atomic E-state index is 10.9. The fraction of sp³-hybridized carbons (Fsp3) is 0.333. The second kappa shape index (κ2) is 4.37. The molecule has 4 nitrogen and oxygen atoms in total. The number of fused-ring (bicyclic) bond motifs is 1. The normalized spacial score (nSPS) is 12.9. The van der Waals surface area contributed by atoms with E-state index in [9.17, 15) is 4.79 Å². The molecule has 0 saturated heterocycles. The van der Waals surface area contributed by atoms with Gasteiger partial charge < -0.3 is 5.11 Å². The van der Waals surface area contributed by atoms with Crippen LogP contribution in [0.2, 0.25) is 5.15 Å². The van der Waals surface area contributed by atoms with Gasteiger partial charge in [-0.3, -0.25) is 9.48 Å². The third kappa shape index (κ3) is 2.13. The smallest absolute Gasteiger partial charge is 0.306 e. The molecular formula is C12H13ClN2O2. The van der Waals surface area contributed by atoms with E-state index in [1.54, 1.807) is 11.6 Å². The number of carboxylic acid groups (broad SMARTS) is 1. The van der Waals surface area contributed by atoms with Gasteiger partial charge in [0.2, 0.25) is 0 Å². The number of rotatable bonds is 3. The average molecular weight is 253 g/mol. The quantitative estimate of drug-likeness (QED) is 0.913. The summed E-state index contributed by atoms with van der Waals surface area (Å²) in [6, 6.07) is 5.71. The van der Waals surface area contributed by atoms with E-state index in [-0.39, 0.29) is 0 Å².